The predicted molar refractivity (Wildman–Crippen MR) is 126 cm³/mol. The second kappa shape index (κ2) is 8.86. The number of carbonyl (C=O) groups is 2. The lowest BCUT2D eigenvalue weighted by Crippen LogP contribution is -2.49. The Bertz CT molecular complexity index is 1190. The quantitative estimate of drug-likeness (QED) is 0.614. The van der Waals surface area contributed by atoms with Gasteiger partial charge in [-0.1, -0.05) is 24.3 Å². The second-order valence-electron chi connectivity index (χ2n) is 8.21. The first-order valence-corrected chi connectivity index (χ1v) is 11.0. The fraction of sp³-hybridized carbons (Fsp3) is 0.231. The average Bonchev–Trinajstić information content (AvgIpc) is 3.29. The van der Waals surface area contributed by atoms with Gasteiger partial charge < -0.3 is 19.7 Å². The molecule has 0 aliphatic carbocycles. The van der Waals surface area contributed by atoms with Gasteiger partial charge in [0.2, 0.25) is 6.79 Å². The van der Waals surface area contributed by atoms with Gasteiger partial charge >= 0.3 is 6.03 Å². The Morgan fingerprint density at radius 2 is 1.76 bits per heavy atom. The lowest BCUT2D eigenvalue weighted by atomic mass is 10.1. The van der Waals surface area contributed by atoms with E-state index in [4.69, 9.17) is 9.47 Å². The van der Waals surface area contributed by atoms with Crippen molar-refractivity contribution in [3.63, 3.8) is 0 Å². The standard InChI is InChI=1S/C26H25N3O4/c1-18-5-2-3-6-22(18)25(30)27-20-8-10-21(11-9-20)29-14-4-13-28(26(29)31)16-19-7-12-23-24(15-19)33-17-32-23/h2-3,5-12,15H,4,13-14,16-17H2,1H3,(H,27,30). The van der Waals surface area contributed by atoms with Gasteiger partial charge in [0.1, 0.15) is 0 Å². The minimum atomic E-state index is -0.148. The minimum Gasteiger partial charge on any atom is -0.454 e. The first-order chi connectivity index (χ1) is 16.1. The number of nitrogens with one attached hydrogen (secondary N) is 1. The van der Waals surface area contributed by atoms with E-state index < -0.39 is 0 Å². The van der Waals surface area contributed by atoms with Gasteiger partial charge in [-0.25, -0.2) is 4.79 Å². The minimum absolute atomic E-state index is 0.0318. The van der Waals surface area contributed by atoms with E-state index in [9.17, 15) is 9.59 Å². The summed E-state index contributed by atoms with van der Waals surface area (Å²) in [4.78, 5) is 29.4. The molecule has 5 rings (SSSR count). The van der Waals surface area contributed by atoms with Crippen LogP contribution in [0.25, 0.3) is 0 Å². The number of hydrogen-bond acceptors (Lipinski definition) is 4. The van der Waals surface area contributed by atoms with Crippen molar-refractivity contribution < 1.29 is 19.1 Å². The Balaban J connectivity index is 1.25. The summed E-state index contributed by atoms with van der Waals surface area (Å²) in [7, 11) is 0. The smallest absolute Gasteiger partial charge is 0.324 e. The molecule has 7 heteroatoms. The van der Waals surface area contributed by atoms with Crippen molar-refractivity contribution >= 4 is 23.3 Å². The maximum absolute atomic E-state index is 13.2. The van der Waals surface area contributed by atoms with Crippen molar-refractivity contribution in [2.24, 2.45) is 0 Å². The molecule has 0 spiro atoms. The van der Waals surface area contributed by atoms with E-state index in [1.165, 1.54) is 0 Å². The van der Waals surface area contributed by atoms with E-state index >= 15 is 0 Å². The van der Waals surface area contributed by atoms with E-state index in [1.54, 1.807) is 11.0 Å². The Labute approximate surface area is 192 Å². The van der Waals surface area contributed by atoms with Crippen LogP contribution < -0.4 is 19.7 Å². The summed E-state index contributed by atoms with van der Waals surface area (Å²) in [6, 6.07) is 20.6. The summed E-state index contributed by atoms with van der Waals surface area (Å²) in [6.07, 6.45) is 0.877. The Morgan fingerprint density at radius 1 is 0.970 bits per heavy atom. The normalized spacial score (nSPS) is 15.0. The second-order valence-corrected chi connectivity index (χ2v) is 8.21. The van der Waals surface area contributed by atoms with Crippen LogP contribution in [0.4, 0.5) is 16.2 Å². The van der Waals surface area contributed by atoms with Crippen LogP contribution in [0.5, 0.6) is 11.5 Å². The van der Waals surface area contributed by atoms with Crippen LogP contribution in [0.15, 0.2) is 66.7 Å². The number of nitrogens with zero attached hydrogens (tertiary/aromatic N) is 2. The Hall–Kier alpha value is -4.00. The van der Waals surface area contributed by atoms with E-state index in [2.05, 4.69) is 5.32 Å². The van der Waals surface area contributed by atoms with Gasteiger partial charge in [-0.15, -0.1) is 0 Å². The molecule has 0 aromatic heterocycles. The number of benzene rings is 3. The highest BCUT2D eigenvalue weighted by Gasteiger charge is 2.27. The molecule has 3 amide bonds. The van der Waals surface area contributed by atoms with Gasteiger partial charge in [0.25, 0.3) is 5.91 Å². The highest BCUT2D eigenvalue weighted by atomic mass is 16.7. The van der Waals surface area contributed by atoms with Crippen molar-refractivity contribution in [1.82, 2.24) is 4.90 Å². The number of urea groups is 1. The van der Waals surface area contributed by atoms with Crippen LogP contribution in [-0.2, 0) is 6.54 Å². The molecule has 0 atom stereocenters. The van der Waals surface area contributed by atoms with Gasteiger partial charge in [0, 0.05) is 36.6 Å². The summed E-state index contributed by atoms with van der Waals surface area (Å²) in [5.74, 6) is 1.31. The van der Waals surface area contributed by atoms with E-state index in [0.29, 0.717) is 30.9 Å². The molecule has 1 N–H and O–H groups in total. The van der Waals surface area contributed by atoms with Crippen molar-refractivity contribution in [2.45, 2.75) is 19.9 Å². The number of anilines is 2. The molecule has 3 aromatic carbocycles. The number of carbonyl (C=O) groups excluding carboxylic acids is 2. The van der Waals surface area contributed by atoms with Crippen LogP contribution in [0.3, 0.4) is 0 Å². The maximum Gasteiger partial charge on any atom is 0.324 e. The summed E-state index contributed by atoms with van der Waals surface area (Å²) in [5.41, 5.74) is 4.07. The van der Waals surface area contributed by atoms with Crippen LogP contribution in [0, 0.1) is 6.92 Å². The van der Waals surface area contributed by atoms with E-state index in [0.717, 1.165) is 34.7 Å². The number of ether oxygens (including phenoxy) is 2. The van der Waals surface area contributed by atoms with Gasteiger partial charge in [-0.2, -0.15) is 0 Å². The monoisotopic (exact) mass is 443 g/mol. The molecule has 1 fully saturated rings. The third-order valence-electron chi connectivity index (χ3n) is 5.95. The molecule has 2 heterocycles. The molecule has 0 bridgehead atoms. The van der Waals surface area contributed by atoms with Gasteiger partial charge in [0.15, 0.2) is 11.5 Å². The highest BCUT2D eigenvalue weighted by Crippen LogP contribution is 2.33. The Kier molecular flexibility index (Phi) is 5.60. The molecule has 7 nitrogen and oxygen atoms in total. The fourth-order valence-corrected chi connectivity index (χ4v) is 4.18. The summed E-state index contributed by atoms with van der Waals surface area (Å²) in [6.45, 7) is 4.02. The molecule has 3 aromatic rings. The zero-order chi connectivity index (χ0) is 22.8. The van der Waals surface area contributed by atoms with Crippen molar-refractivity contribution in [2.75, 3.05) is 30.1 Å². The van der Waals surface area contributed by atoms with Crippen LogP contribution in [0.1, 0.15) is 27.9 Å². The van der Waals surface area contributed by atoms with Crippen molar-refractivity contribution in [3.05, 3.63) is 83.4 Å². The fourth-order valence-electron chi connectivity index (χ4n) is 4.18. The SMILES string of the molecule is Cc1ccccc1C(=O)Nc1ccc(N2CCCN(Cc3ccc4c(c3)OCO4)C2=O)cc1. The Morgan fingerprint density at radius 3 is 2.58 bits per heavy atom. The number of hydrogen-bond donors (Lipinski definition) is 1. The van der Waals surface area contributed by atoms with Gasteiger partial charge in [0.05, 0.1) is 0 Å². The zero-order valence-corrected chi connectivity index (χ0v) is 18.4. The van der Waals surface area contributed by atoms with Gasteiger partial charge in [-0.05, 0) is 66.9 Å². The van der Waals surface area contributed by atoms with Crippen LogP contribution >= 0.6 is 0 Å². The van der Waals surface area contributed by atoms with Crippen LogP contribution in [-0.4, -0.2) is 36.7 Å². The molecule has 33 heavy (non-hydrogen) atoms. The molecule has 1 saturated heterocycles. The highest BCUT2D eigenvalue weighted by molar-refractivity contribution is 6.05. The maximum atomic E-state index is 13.2. The molecular formula is C26H25N3O4. The third kappa shape index (κ3) is 4.35. The largest absolute Gasteiger partial charge is 0.454 e. The van der Waals surface area contributed by atoms with E-state index in [-0.39, 0.29) is 18.7 Å². The first-order valence-electron chi connectivity index (χ1n) is 11.0. The molecule has 2 aliphatic rings. The average molecular weight is 444 g/mol. The summed E-state index contributed by atoms with van der Waals surface area (Å²) < 4.78 is 10.8. The molecule has 2 aliphatic heterocycles. The molecule has 0 unspecified atom stereocenters. The number of amides is 3. The molecule has 168 valence electrons. The molecular weight excluding hydrogens is 418 g/mol. The lowest BCUT2D eigenvalue weighted by molar-refractivity contribution is 0.102. The van der Waals surface area contributed by atoms with Crippen molar-refractivity contribution in [3.8, 4) is 11.5 Å². The first kappa shape index (κ1) is 20.9. The molecule has 0 radical (unpaired) electrons. The summed E-state index contributed by atoms with van der Waals surface area (Å²) >= 11 is 0. The zero-order valence-electron chi connectivity index (χ0n) is 18.4. The predicted octanol–water partition coefficient (Wildman–Crippen LogP) is 4.81. The van der Waals surface area contributed by atoms with E-state index in [1.807, 2.05) is 72.5 Å². The third-order valence-corrected chi connectivity index (χ3v) is 5.95. The van der Waals surface area contributed by atoms with Crippen molar-refractivity contribution in [1.29, 1.82) is 0 Å². The lowest BCUT2D eigenvalue weighted by Gasteiger charge is -2.35. The van der Waals surface area contributed by atoms with Crippen LogP contribution in [0.2, 0.25) is 0 Å². The van der Waals surface area contributed by atoms with Gasteiger partial charge in [-0.3, -0.25) is 9.69 Å². The summed E-state index contributed by atoms with van der Waals surface area (Å²) in [5, 5.41) is 2.93. The molecule has 0 saturated carbocycles. The number of rotatable bonds is 5. The number of fused-ring (bicyclic) bond motifs is 1. The topological polar surface area (TPSA) is 71.1 Å². The number of aryl methyl sites for hydroxylation is 1.